The van der Waals surface area contributed by atoms with Crippen LogP contribution in [0.4, 0.5) is 4.79 Å². The number of nitrogens with zero attached hydrogens (tertiary/aromatic N) is 2. The second-order valence-corrected chi connectivity index (χ2v) is 6.54. The van der Waals surface area contributed by atoms with Crippen molar-refractivity contribution in [3.63, 3.8) is 0 Å². The number of hydrogen-bond acceptors (Lipinski definition) is 4. The predicted octanol–water partition coefficient (Wildman–Crippen LogP) is 3.09. The topological polar surface area (TPSA) is 51.7 Å². The highest BCUT2D eigenvalue weighted by Crippen LogP contribution is 2.21. The Kier molecular flexibility index (Phi) is 4.40. The first-order valence-electron chi connectivity index (χ1n) is 7.33. The lowest BCUT2D eigenvalue weighted by Crippen LogP contribution is -2.36. The van der Waals surface area contributed by atoms with Gasteiger partial charge in [0, 0.05) is 36.5 Å². The molecule has 0 unspecified atom stereocenters. The maximum Gasteiger partial charge on any atom is 0.410 e. The summed E-state index contributed by atoms with van der Waals surface area (Å²) in [5, 5.41) is 0. The molecule has 21 heavy (non-hydrogen) atoms. The smallest absolute Gasteiger partial charge is 0.410 e. The Bertz CT molecular complexity index is 502. The molecule has 5 nitrogen and oxygen atoms in total. The van der Waals surface area contributed by atoms with Crippen molar-refractivity contribution >= 4 is 6.09 Å². The molecule has 0 aromatic carbocycles. The van der Waals surface area contributed by atoms with Crippen molar-refractivity contribution in [1.29, 1.82) is 0 Å². The average Bonchev–Trinajstić information content (AvgIpc) is 2.73. The van der Waals surface area contributed by atoms with E-state index in [1.807, 2.05) is 46.8 Å². The number of carbonyl (C=O) groups is 1. The highest BCUT2D eigenvalue weighted by Gasteiger charge is 2.30. The molecule has 1 fully saturated rings. The normalized spacial score (nSPS) is 18.7. The van der Waals surface area contributed by atoms with E-state index in [2.05, 4.69) is 4.98 Å². The third-order valence-corrected chi connectivity index (χ3v) is 3.15. The van der Waals surface area contributed by atoms with E-state index in [9.17, 15) is 4.79 Å². The fraction of sp³-hybridized carbons (Fsp3) is 0.625. The fourth-order valence-corrected chi connectivity index (χ4v) is 2.37. The molecule has 0 saturated carbocycles. The maximum atomic E-state index is 12.0. The van der Waals surface area contributed by atoms with E-state index in [1.165, 1.54) is 0 Å². The summed E-state index contributed by atoms with van der Waals surface area (Å²) >= 11 is 0. The summed E-state index contributed by atoms with van der Waals surface area (Å²) in [6.45, 7) is 10.7. The monoisotopic (exact) mass is 292 g/mol. The van der Waals surface area contributed by atoms with Crippen molar-refractivity contribution in [2.75, 3.05) is 13.1 Å². The lowest BCUT2D eigenvalue weighted by atomic mass is 10.2. The van der Waals surface area contributed by atoms with Crippen LogP contribution in [0, 0.1) is 13.8 Å². The minimum absolute atomic E-state index is 0.0127. The first-order chi connectivity index (χ1) is 9.73. The molecule has 0 aliphatic carbocycles. The van der Waals surface area contributed by atoms with Gasteiger partial charge in [0.25, 0.3) is 0 Å². The lowest BCUT2D eigenvalue weighted by molar-refractivity contribution is 0.0275. The number of hydrogen-bond donors (Lipinski definition) is 0. The fourth-order valence-electron chi connectivity index (χ4n) is 2.37. The van der Waals surface area contributed by atoms with E-state index in [0.717, 1.165) is 23.6 Å². The Morgan fingerprint density at radius 2 is 1.90 bits per heavy atom. The zero-order chi connectivity index (χ0) is 15.6. The Morgan fingerprint density at radius 3 is 2.48 bits per heavy atom. The SMILES string of the molecule is Cc1cc(O[C@@H]2CCN(C(=O)OC(C)(C)C)C2)cc(C)n1. The van der Waals surface area contributed by atoms with Crippen molar-refractivity contribution in [2.24, 2.45) is 0 Å². The number of pyridine rings is 1. The summed E-state index contributed by atoms with van der Waals surface area (Å²) in [6.07, 6.45) is 0.564. The van der Waals surface area contributed by atoms with Crippen LogP contribution >= 0.6 is 0 Å². The van der Waals surface area contributed by atoms with Crippen LogP contribution in [-0.2, 0) is 4.74 Å². The first kappa shape index (κ1) is 15.6. The van der Waals surface area contributed by atoms with Crippen LogP contribution in [-0.4, -0.2) is 40.8 Å². The van der Waals surface area contributed by atoms with Gasteiger partial charge < -0.3 is 14.4 Å². The molecule has 1 aliphatic heterocycles. The van der Waals surface area contributed by atoms with Crippen LogP contribution < -0.4 is 4.74 Å². The second-order valence-electron chi connectivity index (χ2n) is 6.54. The van der Waals surface area contributed by atoms with Crippen LogP contribution in [0.25, 0.3) is 0 Å². The van der Waals surface area contributed by atoms with Crippen LogP contribution in [0.2, 0.25) is 0 Å². The van der Waals surface area contributed by atoms with Crippen molar-refractivity contribution in [3.05, 3.63) is 23.5 Å². The maximum absolute atomic E-state index is 12.0. The zero-order valence-electron chi connectivity index (χ0n) is 13.5. The molecule has 5 heteroatoms. The Morgan fingerprint density at radius 1 is 1.29 bits per heavy atom. The summed E-state index contributed by atoms with van der Waals surface area (Å²) < 4.78 is 11.3. The summed E-state index contributed by atoms with van der Waals surface area (Å²) in [5.74, 6) is 0.816. The average molecular weight is 292 g/mol. The molecule has 1 aliphatic rings. The number of ether oxygens (including phenoxy) is 2. The van der Waals surface area contributed by atoms with Gasteiger partial charge in [0.2, 0.25) is 0 Å². The minimum atomic E-state index is -0.463. The van der Waals surface area contributed by atoms with Gasteiger partial charge in [-0.2, -0.15) is 0 Å². The molecular formula is C16H24N2O3. The largest absolute Gasteiger partial charge is 0.488 e. The highest BCUT2D eigenvalue weighted by atomic mass is 16.6. The van der Waals surface area contributed by atoms with Gasteiger partial charge in [0.15, 0.2) is 0 Å². The van der Waals surface area contributed by atoms with E-state index < -0.39 is 5.60 Å². The molecule has 1 saturated heterocycles. The van der Waals surface area contributed by atoms with Gasteiger partial charge in [0.1, 0.15) is 17.5 Å². The molecule has 1 amide bonds. The van der Waals surface area contributed by atoms with Crippen molar-refractivity contribution in [2.45, 2.75) is 52.7 Å². The Balaban J connectivity index is 1.92. The van der Waals surface area contributed by atoms with Crippen LogP contribution in [0.15, 0.2) is 12.1 Å². The number of carbonyl (C=O) groups excluding carboxylic acids is 1. The van der Waals surface area contributed by atoms with E-state index in [0.29, 0.717) is 13.1 Å². The van der Waals surface area contributed by atoms with Crippen molar-refractivity contribution < 1.29 is 14.3 Å². The van der Waals surface area contributed by atoms with Gasteiger partial charge in [0.05, 0.1) is 6.54 Å². The summed E-state index contributed by atoms with van der Waals surface area (Å²) in [6, 6.07) is 3.84. The van der Waals surface area contributed by atoms with Gasteiger partial charge >= 0.3 is 6.09 Å². The Labute approximate surface area is 126 Å². The standard InChI is InChI=1S/C16H24N2O3/c1-11-8-14(9-12(2)17-11)20-13-6-7-18(10-13)15(19)21-16(3,4)5/h8-9,13H,6-7,10H2,1-5H3/t13-/m1/s1. The summed E-state index contributed by atoms with van der Waals surface area (Å²) in [4.78, 5) is 18.0. The van der Waals surface area contributed by atoms with Crippen molar-refractivity contribution in [3.8, 4) is 5.75 Å². The van der Waals surface area contributed by atoms with E-state index in [-0.39, 0.29) is 12.2 Å². The van der Waals surface area contributed by atoms with E-state index >= 15 is 0 Å². The lowest BCUT2D eigenvalue weighted by Gasteiger charge is -2.24. The molecule has 1 aromatic heterocycles. The first-order valence-corrected chi connectivity index (χ1v) is 7.33. The molecular weight excluding hydrogens is 268 g/mol. The van der Waals surface area contributed by atoms with Crippen LogP contribution in [0.3, 0.4) is 0 Å². The van der Waals surface area contributed by atoms with E-state index in [4.69, 9.17) is 9.47 Å². The molecule has 1 aromatic rings. The second kappa shape index (κ2) is 5.92. The van der Waals surface area contributed by atoms with Gasteiger partial charge in [-0.05, 0) is 34.6 Å². The quantitative estimate of drug-likeness (QED) is 0.840. The predicted molar refractivity (Wildman–Crippen MR) is 80.6 cm³/mol. The molecule has 1 atom stereocenters. The number of rotatable bonds is 2. The third kappa shape index (κ3) is 4.62. The summed E-state index contributed by atoms with van der Waals surface area (Å²) in [5.41, 5.74) is 1.41. The number of aryl methyl sites for hydroxylation is 2. The molecule has 0 radical (unpaired) electrons. The van der Waals surface area contributed by atoms with Crippen LogP contribution in [0.1, 0.15) is 38.6 Å². The van der Waals surface area contributed by atoms with Gasteiger partial charge in [-0.25, -0.2) is 4.79 Å². The highest BCUT2D eigenvalue weighted by molar-refractivity contribution is 5.68. The van der Waals surface area contributed by atoms with Gasteiger partial charge in [-0.15, -0.1) is 0 Å². The molecule has 0 spiro atoms. The van der Waals surface area contributed by atoms with Gasteiger partial charge in [-0.3, -0.25) is 4.98 Å². The molecule has 116 valence electrons. The third-order valence-electron chi connectivity index (χ3n) is 3.15. The zero-order valence-corrected chi connectivity index (χ0v) is 13.5. The minimum Gasteiger partial charge on any atom is -0.488 e. The molecule has 2 heterocycles. The van der Waals surface area contributed by atoms with Crippen molar-refractivity contribution in [1.82, 2.24) is 9.88 Å². The summed E-state index contributed by atoms with van der Waals surface area (Å²) in [7, 11) is 0. The number of likely N-dealkylation sites (tertiary alicyclic amines) is 1. The van der Waals surface area contributed by atoms with Gasteiger partial charge in [-0.1, -0.05) is 0 Å². The molecule has 0 N–H and O–H groups in total. The molecule has 2 rings (SSSR count). The number of amides is 1. The molecule has 0 bridgehead atoms. The van der Waals surface area contributed by atoms with Crippen LogP contribution in [0.5, 0.6) is 5.75 Å². The Hall–Kier alpha value is -1.78. The number of aromatic nitrogens is 1. The van der Waals surface area contributed by atoms with E-state index in [1.54, 1.807) is 4.90 Å².